The largest absolute Gasteiger partial charge is 0.455 e. The highest BCUT2D eigenvalue weighted by Crippen LogP contribution is 2.28. The molecule has 0 bridgehead atoms. The maximum Gasteiger partial charge on any atom is 0.290 e. The van der Waals surface area contributed by atoms with Crippen LogP contribution in [0.1, 0.15) is 54.3 Å². The molecule has 1 N–H and O–H groups in total. The number of nitrogens with one attached hydrogen (secondary N) is 1. The summed E-state index contributed by atoms with van der Waals surface area (Å²) in [5, 5.41) is 2.99. The maximum atomic E-state index is 14.0. The van der Waals surface area contributed by atoms with Crippen LogP contribution < -0.4 is 5.32 Å². The lowest BCUT2D eigenvalue weighted by atomic mass is 10.0. The third kappa shape index (κ3) is 7.27. The first kappa shape index (κ1) is 26.6. The first-order valence-corrected chi connectivity index (χ1v) is 12.5. The van der Waals surface area contributed by atoms with E-state index in [0.717, 1.165) is 18.7 Å². The Bertz CT molecular complexity index is 1180. The van der Waals surface area contributed by atoms with Crippen LogP contribution in [0.25, 0.3) is 0 Å². The monoisotopic (exact) mass is 507 g/mol. The Morgan fingerprint density at radius 2 is 1.68 bits per heavy atom. The molecular formula is C29H34FN3O4. The van der Waals surface area contributed by atoms with E-state index in [1.54, 1.807) is 24.3 Å². The highest BCUT2D eigenvalue weighted by Gasteiger charge is 2.35. The minimum Gasteiger partial charge on any atom is -0.455 e. The molecule has 0 spiro atoms. The number of carbonyl (C=O) groups is 2. The number of hydrogen-bond acceptors (Lipinski definition) is 5. The van der Waals surface area contributed by atoms with Gasteiger partial charge in [-0.15, -0.1) is 0 Å². The summed E-state index contributed by atoms with van der Waals surface area (Å²) in [5.41, 5.74) is 0.825. The number of amides is 2. The lowest BCUT2D eigenvalue weighted by Crippen LogP contribution is -2.49. The standard InChI is InChI=1S/C29H34FN3O4/c1-29(2,3)31-27(34)26(22-9-11-23(30)12-10-22)33(19-21-7-5-4-6-8-21)28(35)25-14-13-24(37-25)20-32-15-17-36-18-16-32/h4-14,26H,15-20H2,1-3H3,(H,31,34)/t26-/m0/s1. The van der Waals surface area contributed by atoms with E-state index in [4.69, 9.17) is 9.15 Å². The maximum absolute atomic E-state index is 14.0. The topological polar surface area (TPSA) is 75.0 Å². The van der Waals surface area contributed by atoms with Crippen LogP contribution in [0.15, 0.2) is 71.1 Å². The summed E-state index contributed by atoms with van der Waals surface area (Å²) in [7, 11) is 0. The molecule has 4 rings (SSSR count). The van der Waals surface area contributed by atoms with Crippen LogP contribution in [0.4, 0.5) is 4.39 Å². The van der Waals surface area contributed by atoms with Crippen LogP contribution in [-0.2, 0) is 22.6 Å². The van der Waals surface area contributed by atoms with Gasteiger partial charge in [0, 0.05) is 25.2 Å². The fourth-order valence-corrected chi connectivity index (χ4v) is 4.32. The van der Waals surface area contributed by atoms with Crippen molar-refractivity contribution in [3.63, 3.8) is 0 Å². The van der Waals surface area contributed by atoms with Gasteiger partial charge in [-0.1, -0.05) is 42.5 Å². The van der Waals surface area contributed by atoms with E-state index in [9.17, 15) is 14.0 Å². The Balaban J connectivity index is 1.69. The molecule has 0 radical (unpaired) electrons. The molecule has 2 aromatic carbocycles. The van der Waals surface area contributed by atoms with E-state index in [1.807, 2.05) is 51.1 Å². The van der Waals surface area contributed by atoms with E-state index in [2.05, 4.69) is 10.2 Å². The van der Waals surface area contributed by atoms with Crippen molar-refractivity contribution in [1.29, 1.82) is 0 Å². The average Bonchev–Trinajstić information content (AvgIpc) is 3.33. The van der Waals surface area contributed by atoms with Crippen LogP contribution in [0.5, 0.6) is 0 Å². The zero-order chi connectivity index (χ0) is 26.4. The number of morpholine rings is 1. The fourth-order valence-electron chi connectivity index (χ4n) is 4.32. The quantitative estimate of drug-likeness (QED) is 0.484. The second-order valence-electron chi connectivity index (χ2n) is 10.3. The minimum atomic E-state index is -1.000. The second kappa shape index (κ2) is 11.7. The average molecular weight is 508 g/mol. The Hall–Kier alpha value is -3.49. The summed E-state index contributed by atoms with van der Waals surface area (Å²) in [6.45, 7) is 9.29. The highest BCUT2D eigenvalue weighted by atomic mass is 19.1. The second-order valence-corrected chi connectivity index (χ2v) is 10.3. The summed E-state index contributed by atoms with van der Waals surface area (Å²) in [4.78, 5) is 31.3. The van der Waals surface area contributed by atoms with Gasteiger partial charge in [-0.25, -0.2) is 4.39 Å². The molecule has 1 atom stereocenters. The molecule has 0 saturated carbocycles. The van der Waals surface area contributed by atoms with Gasteiger partial charge in [0.05, 0.1) is 19.8 Å². The van der Waals surface area contributed by atoms with Crippen molar-refractivity contribution in [3.05, 3.63) is 95.2 Å². The number of ether oxygens (including phenoxy) is 1. The van der Waals surface area contributed by atoms with Crippen LogP contribution >= 0.6 is 0 Å². The molecule has 1 saturated heterocycles. The number of nitrogens with zero attached hydrogens (tertiary/aromatic N) is 2. The fraction of sp³-hybridized carbons (Fsp3) is 0.379. The van der Waals surface area contributed by atoms with Crippen molar-refractivity contribution in [2.24, 2.45) is 0 Å². The Kier molecular flexibility index (Phi) is 8.41. The van der Waals surface area contributed by atoms with Crippen molar-refractivity contribution in [2.75, 3.05) is 26.3 Å². The third-order valence-corrected chi connectivity index (χ3v) is 6.06. The summed E-state index contributed by atoms with van der Waals surface area (Å²) < 4.78 is 25.2. The molecule has 8 heteroatoms. The molecule has 1 fully saturated rings. The van der Waals surface area contributed by atoms with Crippen molar-refractivity contribution in [1.82, 2.24) is 15.1 Å². The molecule has 2 amide bonds. The SMILES string of the molecule is CC(C)(C)NC(=O)[C@H](c1ccc(F)cc1)N(Cc1ccccc1)C(=O)c1ccc(CN2CCOCC2)o1. The van der Waals surface area contributed by atoms with E-state index in [0.29, 0.717) is 31.1 Å². The number of hydrogen-bond donors (Lipinski definition) is 1. The van der Waals surface area contributed by atoms with Crippen LogP contribution in [0, 0.1) is 5.82 Å². The lowest BCUT2D eigenvalue weighted by Gasteiger charge is -2.33. The third-order valence-electron chi connectivity index (χ3n) is 6.06. The van der Waals surface area contributed by atoms with Crippen molar-refractivity contribution in [3.8, 4) is 0 Å². The van der Waals surface area contributed by atoms with Crippen LogP contribution in [0.2, 0.25) is 0 Å². The summed E-state index contributed by atoms with van der Waals surface area (Å²) >= 11 is 0. The number of rotatable bonds is 8. The first-order valence-electron chi connectivity index (χ1n) is 12.5. The zero-order valence-electron chi connectivity index (χ0n) is 21.6. The molecule has 7 nitrogen and oxygen atoms in total. The van der Waals surface area contributed by atoms with Gasteiger partial charge in [-0.3, -0.25) is 14.5 Å². The van der Waals surface area contributed by atoms with Gasteiger partial charge in [0.15, 0.2) is 5.76 Å². The van der Waals surface area contributed by atoms with Gasteiger partial charge in [0.2, 0.25) is 5.91 Å². The molecule has 3 aromatic rings. The predicted octanol–water partition coefficient (Wildman–Crippen LogP) is 4.55. The van der Waals surface area contributed by atoms with E-state index >= 15 is 0 Å². The van der Waals surface area contributed by atoms with Crippen molar-refractivity contribution in [2.45, 2.75) is 45.4 Å². The number of carbonyl (C=O) groups excluding carboxylic acids is 2. The van der Waals surface area contributed by atoms with Gasteiger partial charge in [-0.05, 0) is 56.2 Å². The van der Waals surface area contributed by atoms with Gasteiger partial charge >= 0.3 is 0 Å². The van der Waals surface area contributed by atoms with E-state index in [1.165, 1.54) is 17.0 Å². The molecule has 0 unspecified atom stereocenters. The highest BCUT2D eigenvalue weighted by molar-refractivity contribution is 5.96. The van der Waals surface area contributed by atoms with Crippen LogP contribution in [-0.4, -0.2) is 53.5 Å². The van der Waals surface area contributed by atoms with Gasteiger partial charge in [0.1, 0.15) is 17.6 Å². The summed E-state index contributed by atoms with van der Waals surface area (Å²) in [6.07, 6.45) is 0. The number of benzene rings is 2. The van der Waals surface area contributed by atoms with E-state index in [-0.39, 0.29) is 18.2 Å². The van der Waals surface area contributed by atoms with Crippen LogP contribution in [0.3, 0.4) is 0 Å². The molecular weight excluding hydrogens is 473 g/mol. The number of furan rings is 1. The van der Waals surface area contributed by atoms with Gasteiger partial charge in [0.25, 0.3) is 5.91 Å². The summed E-state index contributed by atoms with van der Waals surface area (Å²) in [5.74, 6) is -0.380. The van der Waals surface area contributed by atoms with Crippen molar-refractivity contribution >= 4 is 11.8 Å². The summed E-state index contributed by atoms with van der Waals surface area (Å²) in [6, 6.07) is 17.6. The molecule has 2 heterocycles. The molecule has 196 valence electrons. The molecule has 1 aliphatic heterocycles. The van der Waals surface area contributed by atoms with Gasteiger partial charge < -0.3 is 19.4 Å². The molecule has 0 aliphatic carbocycles. The molecule has 1 aromatic heterocycles. The molecule has 1 aliphatic rings. The first-order chi connectivity index (χ1) is 17.7. The Labute approximate surface area is 217 Å². The minimum absolute atomic E-state index is 0.148. The van der Waals surface area contributed by atoms with Gasteiger partial charge in [-0.2, -0.15) is 0 Å². The van der Waals surface area contributed by atoms with E-state index < -0.39 is 23.3 Å². The number of halogens is 1. The molecule has 37 heavy (non-hydrogen) atoms. The predicted molar refractivity (Wildman–Crippen MR) is 138 cm³/mol. The zero-order valence-corrected chi connectivity index (χ0v) is 21.6. The lowest BCUT2D eigenvalue weighted by molar-refractivity contribution is -0.127. The smallest absolute Gasteiger partial charge is 0.290 e. The Morgan fingerprint density at radius 1 is 1.00 bits per heavy atom. The Morgan fingerprint density at radius 3 is 2.32 bits per heavy atom. The normalized spacial score (nSPS) is 15.2. The van der Waals surface area contributed by atoms with Crippen molar-refractivity contribution < 1.29 is 23.1 Å².